The molecule has 0 bridgehead atoms. The minimum atomic E-state index is -0.0674. The van der Waals surface area contributed by atoms with Crippen LogP contribution >= 0.6 is 0 Å². The minimum absolute atomic E-state index is 0.0674. The third-order valence-corrected chi connectivity index (χ3v) is 5.82. The van der Waals surface area contributed by atoms with Crippen LogP contribution in [0, 0.1) is 11.3 Å². The van der Waals surface area contributed by atoms with Crippen molar-refractivity contribution in [2.24, 2.45) is 17.1 Å². The number of hydrogen-bond donors (Lipinski definition) is 1. The third kappa shape index (κ3) is 4.43. The summed E-state index contributed by atoms with van der Waals surface area (Å²) >= 11 is 0. The maximum Gasteiger partial charge on any atom is 0.0808 e. The zero-order chi connectivity index (χ0) is 15.5. The van der Waals surface area contributed by atoms with Gasteiger partial charge in [0.15, 0.2) is 0 Å². The van der Waals surface area contributed by atoms with Gasteiger partial charge in [0.2, 0.25) is 0 Å². The van der Waals surface area contributed by atoms with Crippen molar-refractivity contribution in [3.63, 3.8) is 0 Å². The maximum absolute atomic E-state index is 6.56. The minimum Gasteiger partial charge on any atom is -0.381 e. The van der Waals surface area contributed by atoms with E-state index in [-0.39, 0.29) is 5.60 Å². The van der Waals surface area contributed by atoms with Gasteiger partial charge in [-0.3, -0.25) is 0 Å². The fourth-order valence-electron chi connectivity index (χ4n) is 4.16. The third-order valence-electron chi connectivity index (χ3n) is 5.82. The molecule has 0 aliphatic heterocycles. The highest BCUT2D eigenvalue weighted by Gasteiger charge is 2.40. The lowest BCUT2D eigenvalue weighted by molar-refractivity contribution is -0.141. The Hall–Kier alpha value is -0.120. The summed E-state index contributed by atoms with van der Waals surface area (Å²) in [5.74, 6) is 0.804. The van der Waals surface area contributed by atoms with Crippen molar-refractivity contribution >= 4 is 0 Å². The summed E-state index contributed by atoms with van der Waals surface area (Å²) in [5.41, 5.74) is 6.46. The van der Waals surface area contributed by atoms with E-state index >= 15 is 0 Å². The summed E-state index contributed by atoms with van der Waals surface area (Å²) in [6.07, 6.45) is 10.1. The summed E-state index contributed by atoms with van der Waals surface area (Å²) in [7, 11) is 1.82. The molecular weight excluding hydrogens is 262 g/mol. The number of hydrogen-bond acceptors (Lipinski definition) is 3. The average molecular weight is 297 g/mol. The van der Waals surface area contributed by atoms with E-state index in [0.29, 0.717) is 24.2 Å². The van der Waals surface area contributed by atoms with Gasteiger partial charge in [0.05, 0.1) is 17.8 Å². The van der Waals surface area contributed by atoms with Crippen LogP contribution in [-0.4, -0.2) is 31.5 Å². The average Bonchev–Trinajstić information content (AvgIpc) is 2.47. The Labute approximate surface area is 130 Å². The SMILES string of the molecule is COC1CCCC(OC2(CN)CCC(C(C)(C)C)CC2)C1. The standard InChI is InChI=1S/C18H35NO2/c1-17(2,3)14-8-10-18(13-19,11-9-14)21-16-7-5-6-15(12-16)20-4/h14-16H,5-13,19H2,1-4H3. The van der Waals surface area contributed by atoms with Crippen LogP contribution in [-0.2, 0) is 9.47 Å². The van der Waals surface area contributed by atoms with E-state index in [4.69, 9.17) is 15.2 Å². The quantitative estimate of drug-likeness (QED) is 0.856. The van der Waals surface area contributed by atoms with Crippen LogP contribution in [0.4, 0.5) is 0 Å². The molecule has 0 aromatic rings. The number of methoxy groups -OCH3 is 1. The number of ether oxygens (including phenoxy) is 2. The Morgan fingerprint density at radius 2 is 1.67 bits per heavy atom. The molecule has 2 atom stereocenters. The molecule has 0 heterocycles. The Morgan fingerprint density at radius 3 is 2.19 bits per heavy atom. The van der Waals surface area contributed by atoms with Gasteiger partial charge in [-0.25, -0.2) is 0 Å². The molecule has 0 radical (unpaired) electrons. The van der Waals surface area contributed by atoms with Crippen molar-refractivity contribution < 1.29 is 9.47 Å². The number of rotatable bonds is 4. The van der Waals surface area contributed by atoms with Crippen LogP contribution in [0.1, 0.15) is 72.1 Å². The molecule has 2 fully saturated rings. The monoisotopic (exact) mass is 297 g/mol. The number of nitrogens with two attached hydrogens (primary N) is 1. The predicted octanol–water partition coefficient (Wildman–Crippen LogP) is 3.89. The lowest BCUT2D eigenvalue weighted by Gasteiger charge is -2.46. The highest BCUT2D eigenvalue weighted by Crippen LogP contribution is 2.43. The molecule has 0 spiro atoms. The lowest BCUT2D eigenvalue weighted by atomic mass is 9.68. The van der Waals surface area contributed by atoms with Crippen LogP contribution in [0.15, 0.2) is 0 Å². The topological polar surface area (TPSA) is 44.5 Å². The predicted molar refractivity (Wildman–Crippen MR) is 87.3 cm³/mol. The summed E-state index contributed by atoms with van der Waals surface area (Å²) in [4.78, 5) is 0. The first-order valence-corrected chi connectivity index (χ1v) is 8.79. The van der Waals surface area contributed by atoms with Crippen molar-refractivity contribution in [1.29, 1.82) is 0 Å². The zero-order valence-corrected chi connectivity index (χ0v) is 14.5. The van der Waals surface area contributed by atoms with Crippen LogP contribution in [0.2, 0.25) is 0 Å². The Kier molecular flexibility index (Phi) is 5.72. The highest BCUT2D eigenvalue weighted by molar-refractivity contribution is 4.92. The van der Waals surface area contributed by atoms with Gasteiger partial charge < -0.3 is 15.2 Å². The molecule has 2 aliphatic rings. The molecule has 0 aromatic heterocycles. The molecule has 124 valence electrons. The van der Waals surface area contributed by atoms with Crippen LogP contribution < -0.4 is 5.73 Å². The van der Waals surface area contributed by atoms with Crippen LogP contribution in [0.5, 0.6) is 0 Å². The molecule has 3 heteroatoms. The first kappa shape index (κ1) is 17.2. The first-order valence-electron chi connectivity index (χ1n) is 8.79. The Bertz CT molecular complexity index is 316. The Balaban J connectivity index is 1.91. The summed E-state index contributed by atoms with van der Waals surface area (Å²) in [6.45, 7) is 7.74. The molecule has 3 nitrogen and oxygen atoms in total. The molecule has 2 unspecified atom stereocenters. The van der Waals surface area contributed by atoms with Crippen LogP contribution in [0.3, 0.4) is 0 Å². The summed E-state index contributed by atoms with van der Waals surface area (Å²) in [5, 5.41) is 0. The van der Waals surface area contributed by atoms with Gasteiger partial charge in [0.1, 0.15) is 0 Å². The molecule has 0 amide bonds. The van der Waals surface area contributed by atoms with Gasteiger partial charge in [0.25, 0.3) is 0 Å². The smallest absolute Gasteiger partial charge is 0.0808 e. The van der Waals surface area contributed by atoms with Crippen LogP contribution in [0.25, 0.3) is 0 Å². The molecular formula is C18H35NO2. The second kappa shape index (κ2) is 6.97. The molecule has 2 saturated carbocycles. The summed E-state index contributed by atoms with van der Waals surface area (Å²) < 4.78 is 12.1. The van der Waals surface area contributed by atoms with E-state index in [0.717, 1.165) is 25.2 Å². The lowest BCUT2D eigenvalue weighted by Crippen LogP contribution is -2.48. The largest absolute Gasteiger partial charge is 0.381 e. The van der Waals surface area contributed by atoms with E-state index in [1.54, 1.807) is 0 Å². The van der Waals surface area contributed by atoms with Crippen molar-refractivity contribution in [2.75, 3.05) is 13.7 Å². The Morgan fingerprint density at radius 1 is 1.05 bits per heavy atom. The fourth-order valence-corrected chi connectivity index (χ4v) is 4.16. The second-order valence-electron chi connectivity index (χ2n) is 8.29. The van der Waals surface area contributed by atoms with Gasteiger partial charge in [-0.2, -0.15) is 0 Å². The van der Waals surface area contributed by atoms with Gasteiger partial charge in [-0.15, -0.1) is 0 Å². The van der Waals surface area contributed by atoms with Gasteiger partial charge in [0, 0.05) is 13.7 Å². The van der Waals surface area contributed by atoms with Gasteiger partial charge >= 0.3 is 0 Å². The summed E-state index contributed by atoms with van der Waals surface area (Å²) in [6, 6.07) is 0. The molecule has 2 N–H and O–H groups in total. The van der Waals surface area contributed by atoms with Crippen molar-refractivity contribution in [1.82, 2.24) is 0 Å². The van der Waals surface area contributed by atoms with Crippen molar-refractivity contribution in [3.8, 4) is 0 Å². The van der Waals surface area contributed by atoms with Crippen molar-refractivity contribution in [2.45, 2.75) is 89.9 Å². The highest BCUT2D eigenvalue weighted by atomic mass is 16.5. The van der Waals surface area contributed by atoms with Gasteiger partial charge in [-0.1, -0.05) is 20.8 Å². The van der Waals surface area contributed by atoms with E-state index < -0.39 is 0 Å². The molecule has 2 aliphatic carbocycles. The molecule has 0 saturated heterocycles. The maximum atomic E-state index is 6.56. The molecule has 21 heavy (non-hydrogen) atoms. The fraction of sp³-hybridized carbons (Fsp3) is 1.00. The molecule has 2 rings (SSSR count). The normalized spacial score (nSPS) is 38.4. The van der Waals surface area contributed by atoms with E-state index in [9.17, 15) is 0 Å². The first-order chi connectivity index (χ1) is 9.88. The van der Waals surface area contributed by atoms with E-state index in [1.807, 2.05) is 7.11 Å². The molecule has 0 aromatic carbocycles. The van der Waals surface area contributed by atoms with E-state index in [2.05, 4.69) is 20.8 Å². The van der Waals surface area contributed by atoms with Gasteiger partial charge in [-0.05, 0) is 62.7 Å². The van der Waals surface area contributed by atoms with E-state index in [1.165, 1.54) is 32.1 Å². The second-order valence-corrected chi connectivity index (χ2v) is 8.29. The zero-order valence-electron chi connectivity index (χ0n) is 14.5. The van der Waals surface area contributed by atoms with Crippen molar-refractivity contribution in [3.05, 3.63) is 0 Å².